The molecule has 1 fully saturated rings. The van der Waals surface area contributed by atoms with E-state index in [0.717, 1.165) is 24.8 Å². The van der Waals surface area contributed by atoms with Gasteiger partial charge in [-0.05, 0) is 65.1 Å². The van der Waals surface area contributed by atoms with Crippen molar-refractivity contribution in [2.45, 2.75) is 38.5 Å². The number of hydrogen-bond acceptors (Lipinski definition) is 1. The fourth-order valence-electron chi connectivity index (χ4n) is 4.49. The van der Waals surface area contributed by atoms with Gasteiger partial charge in [0.05, 0.1) is 5.56 Å². The first kappa shape index (κ1) is 22.1. The van der Waals surface area contributed by atoms with Gasteiger partial charge in [0.2, 0.25) is 0 Å². The van der Waals surface area contributed by atoms with E-state index in [0.29, 0.717) is 23.6 Å². The van der Waals surface area contributed by atoms with Crippen molar-refractivity contribution >= 4 is 5.97 Å². The predicted octanol–water partition coefficient (Wildman–Crippen LogP) is 7.57. The monoisotopic (exact) mass is 442 g/mol. The second-order valence-corrected chi connectivity index (χ2v) is 8.49. The smallest absolute Gasteiger partial charge is 0.338 e. The van der Waals surface area contributed by atoms with Gasteiger partial charge >= 0.3 is 5.97 Å². The normalized spacial score (nSPS) is 18.5. The third kappa shape index (κ3) is 4.14. The number of carboxylic acid groups (broad SMARTS) is 1. The number of carboxylic acids is 1. The van der Waals surface area contributed by atoms with E-state index in [2.05, 4.69) is 6.92 Å². The van der Waals surface area contributed by atoms with Crippen LogP contribution in [0.25, 0.3) is 22.3 Å². The van der Waals surface area contributed by atoms with Crippen LogP contribution in [-0.4, -0.2) is 11.1 Å². The van der Waals surface area contributed by atoms with E-state index < -0.39 is 34.8 Å². The Balaban J connectivity index is 1.81. The van der Waals surface area contributed by atoms with E-state index in [4.69, 9.17) is 0 Å². The molecule has 0 aliphatic heterocycles. The second-order valence-electron chi connectivity index (χ2n) is 8.49. The minimum atomic E-state index is -1.67. The Morgan fingerprint density at radius 3 is 1.97 bits per heavy atom. The van der Waals surface area contributed by atoms with Gasteiger partial charge in [-0.1, -0.05) is 50.1 Å². The molecule has 1 aliphatic carbocycles. The van der Waals surface area contributed by atoms with Crippen molar-refractivity contribution in [2.75, 3.05) is 0 Å². The topological polar surface area (TPSA) is 37.3 Å². The van der Waals surface area contributed by atoms with Crippen molar-refractivity contribution < 1.29 is 27.5 Å². The SMILES string of the molecule is CC1CCC(c2ccc(-c3ccc(C(=O)O)c(F)c3-c3cc(F)c(F)c(F)c3)cc2)CC1. The molecule has 0 aromatic heterocycles. The lowest BCUT2D eigenvalue weighted by molar-refractivity contribution is 0.0692. The second kappa shape index (κ2) is 8.77. The molecule has 166 valence electrons. The molecule has 4 rings (SSSR count). The maximum atomic E-state index is 15.2. The van der Waals surface area contributed by atoms with Crippen LogP contribution in [0.3, 0.4) is 0 Å². The first-order valence-corrected chi connectivity index (χ1v) is 10.6. The van der Waals surface area contributed by atoms with Crippen LogP contribution >= 0.6 is 0 Å². The lowest BCUT2D eigenvalue weighted by Crippen LogP contribution is -2.10. The van der Waals surface area contributed by atoms with Gasteiger partial charge in [0.25, 0.3) is 0 Å². The van der Waals surface area contributed by atoms with Gasteiger partial charge in [-0.15, -0.1) is 0 Å². The van der Waals surface area contributed by atoms with Crippen molar-refractivity contribution in [3.05, 3.63) is 82.9 Å². The number of aromatic carboxylic acids is 1. The molecule has 32 heavy (non-hydrogen) atoms. The summed E-state index contributed by atoms with van der Waals surface area (Å²) in [5.74, 6) is -6.10. The molecule has 3 aromatic carbocycles. The average Bonchev–Trinajstić information content (AvgIpc) is 2.77. The van der Waals surface area contributed by atoms with E-state index in [-0.39, 0.29) is 16.7 Å². The summed E-state index contributed by atoms with van der Waals surface area (Å²) in [7, 11) is 0. The minimum Gasteiger partial charge on any atom is -0.478 e. The van der Waals surface area contributed by atoms with Crippen LogP contribution < -0.4 is 0 Å². The number of hydrogen-bond donors (Lipinski definition) is 1. The van der Waals surface area contributed by atoms with E-state index in [1.54, 1.807) is 12.1 Å². The van der Waals surface area contributed by atoms with Crippen molar-refractivity contribution in [3.8, 4) is 22.3 Å². The van der Waals surface area contributed by atoms with E-state index in [1.807, 2.05) is 12.1 Å². The van der Waals surface area contributed by atoms with Gasteiger partial charge < -0.3 is 5.11 Å². The molecule has 0 bridgehead atoms. The van der Waals surface area contributed by atoms with Crippen LogP contribution in [0.2, 0.25) is 0 Å². The third-order valence-corrected chi connectivity index (χ3v) is 6.35. The maximum Gasteiger partial charge on any atom is 0.338 e. The Kier molecular flexibility index (Phi) is 6.04. The lowest BCUT2D eigenvalue weighted by atomic mass is 9.79. The fraction of sp³-hybridized carbons (Fsp3) is 0.269. The van der Waals surface area contributed by atoms with Gasteiger partial charge in [0, 0.05) is 5.56 Å². The van der Waals surface area contributed by atoms with Gasteiger partial charge in [0.1, 0.15) is 5.82 Å². The molecule has 0 saturated heterocycles. The molecule has 3 aromatic rings. The summed E-state index contributed by atoms with van der Waals surface area (Å²) in [6, 6.07) is 11.3. The summed E-state index contributed by atoms with van der Waals surface area (Å²) in [6.45, 7) is 2.25. The lowest BCUT2D eigenvalue weighted by Gasteiger charge is -2.26. The van der Waals surface area contributed by atoms with Crippen LogP contribution in [0, 0.1) is 29.2 Å². The molecule has 0 amide bonds. The Hall–Kier alpha value is -3.15. The van der Waals surface area contributed by atoms with Crippen molar-refractivity contribution in [1.82, 2.24) is 0 Å². The van der Waals surface area contributed by atoms with E-state index >= 15 is 4.39 Å². The van der Waals surface area contributed by atoms with Crippen molar-refractivity contribution in [1.29, 1.82) is 0 Å². The summed E-state index contributed by atoms with van der Waals surface area (Å²) < 4.78 is 56.4. The van der Waals surface area contributed by atoms with Gasteiger partial charge in [-0.25, -0.2) is 22.4 Å². The molecule has 6 heteroatoms. The van der Waals surface area contributed by atoms with E-state index in [1.165, 1.54) is 24.5 Å². The zero-order chi connectivity index (χ0) is 23.0. The summed E-state index contributed by atoms with van der Waals surface area (Å²) in [5.41, 5.74) is 0.797. The highest BCUT2D eigenvalue weighted by molar-refractivity contribution is 5.94. The Labute approximate surface area is 183 Å². The van der Waals surface area contributed by atoms with Crippen molar-refractivity contribution in [3.63, 3.8) is 0 Å². The van der Waals surface area contributed by atoms with Crippen LogP contribution in [0.15, 0.2) is 48.5 Å². The van der Waals surface area contributed by atoms with Crippen LogP contribution in [0.1, 0.15) is 54.4 Å². The highest BCUT2D eigenvalue weighted by atomic mass is 19.2. The number of halogens is 4. The first-order valence-electron chi connectivity index (χ1n) is 10.6. The number of carbonyl (C=O) groups is 1. The molecule has 1 aliphatic rings. The predicted molar refractivity (Wildman–Crippen MR) is 114 cm³/mol. The zero-order valence-corrected chi connectivity index (χ0v) is 17.5. The summed E-state index contributed by atoms with van der Waals surface area (Å²) in [6.07, 6.45) is 4.53. The molecule has 0 unspecified atom stereocenters. The van der Waals surface area contributed by atoms with Gasteiger partial charge in [-0.2, -0.15) is 0 Å². The Morgan fingerprint density at radius 2 is 1.41 bits per heavy atom. The molecular formula is C26H22F4O2. The fourth-order valence-corrected chi connectivity index (χ4v) is 4.49. The zero-order valence-electron chi connectivity index (χ0n) is 17.5. The molecule has 0 radical (unpaired) electrons. The number of rotatable bonds is 4. The molecule has 2 nitrogen and oxygen atoms in total. The van der Waals surface area contributed by atoms with E-state index in [9.17, 15) is 23.1 Å². The molecular weight excluding hydrogens is 420 g/mol. The summed E-state index contributed by atoms with van der Waals surface area (Å²) in [4.78, 5) is 11.4. The molecule has 1 saturated carbocycles. The highest BCUT2D eigenvalue weighted by Gasteiger charge is 2.23. The molecule has 1 N–H and O–H groups in total. The molecule has 0 atom stereocenters. The van der Waals surface area contributed by atoms with Crippen molar-refractivity contribution in [2.24, 2.45) is 5.92 Å². The quantitative estimate of drug-likeness (QED) is 0.334. The highest BCUT2D eigenvalue weighted by Crippen LogP contribution is 2.39. The number of benzene rings is 3. The standard InChI is InChI=1S/C26H22F4O2/c1-14-2-4-15(5-3-14)16-6-8-17(9-7-16)19-10-11-20(26(31)32)24(29)23(19)18-12-21(27)25(30)22(28)13-18/h6-15H,2-5H2,1H3,(H,31,32). The maximum absolute atomic E-state index is 15.2. The third-order valence-electron chi connectivity index (χ3n) is 6.35. The first-order chi connectivity index (χ1) is 15.3. The van der Waals surface area contributed by atoms with Crippen LogP contribution in [0.5, 0.6) is 0 Å². The molecule has 0 heterocycles. The van der Waals surface area contributed by atoms with Crippen LogP contribution in [-0.2, 0) is 0 Å². The van der Waals surface area contributed by atoms with Gasteiger partial charge in [-0.3, -0.25) is 0 Å². The Bertz CT molecular complexity index is 1140. The molecule has 0 spiro atoms. The minimum absolute atomic E-state index is 0.265. The summed E-state index contributed by atoms with van der Waals surface area (Å²) >= 11 is 0. The largest absolute Gasteiger partial charge is 0.478 e. The summed E-state index contributed by atoms with van der Waals surface area (Å²) in [5, 5.41) is 9.30. The van der Waals surface area contributed by atoms with Gasteiger partial charge in [0.15, 0.2) is 17.5 Å². The average molecular weight is 442 g/mol. The van der Waals surface area contributed by atoms with Crippen LogP contribution in [0.4, 0.5) is 17.6 Å². The Morgan fingerprint density at radius 1 is 0.812 bits per heavy atom.